The molecule has 7 aromatic rings. The van der Waals surface area contributed by atoms with E-state index in [1.165, 1.54) is 93.9 Å². The third-order valence-corrected chi connectivity index (χ3v) is 10.1. The Labute approximate surface area is 279 Å². The first kappa shape index (κ1) is 29.1. The van der Waals surface area contributed by atoms with Crippen molar-refractivity contribution in [3.05, 3.63) is 161 Å². The number of fused-ring (bicyclic) bond motifs is 3. The van der Waals surface area contributed by atoms with Gasteiger partial charge < -0.3 is 0 Å². The molecule has 0 saturated heterocycles. The minimum absolute atomic E-state index is 0.442. The van der Waals surface area contributed by atoms with Gasteiger partial charge in [-0.05, 0) is 124 Å². The molecule has 1 atom stereocenters. The second kappa shape index (κ2) is 11.5. The van der Waals surface area contributed by atoms with Crippen LogP contribution in [0.15, 0.2) is 115 Å². The second-order valence-corrected chi connectivity index (χ2v) is 13.5. The van der Waals surface area contributed by atoms with Crippen LogP contribution in [0.5, 0.6) is 0 Å². The smallest absolute Gasteiger partial charge is 0.0334 e. The van der Waals surface area contributed by atoms with Crippen molar-refractivity contribution in [1.82, 2.24) is 0 Å². The average molecular weight is 603 g/mol. The molecule has 1 aliphatic carbocycles. The summed E-state index contributed by atoms with van der Waals surface area (Å²) in [4.78, 5) is 0. The zero-order valence-electron chi connectivity index (χ0n) is 27.8. The first-order chi connectivity index (χ1) is 22.9. The lowest BCUT2D eigenvalue weighted by Crippen LogP contribution is -2.09. The first-order valence-electron chi connectivity index (χ1n) is 16.7. The molecule has 1 unspecified atom stereocenters. The van der Waals surface area contributed by atoms with E-state index >= 15 is 0 Å². The predicted octanol–water partition coefficient (Wildman–Crippen LogP) is 12.7. The molecule has 0 bridgehead atoms. The summed E-state index contributed by atoms with van der Waals surface area (Å²) < 4.78 is 0. The van der Waals surface area contributed by atoms with Crippen LogP contribution in [-0.4, -0.2) is 0 Å². The van der Waals surface area contributed by atoms with E-state index < -0.39 is 0 Å². The van der Waals surface area contributed by atoms with Gasteiger partial charge in [0.2, 0.25) is 0 Å². The summed E-state index contributed by atoms with van der Waals surface area (Å²) in [5.41, 5.74) is 17.9. The maximum absolute atomic E-state index is 3.56. The predicted molar refractivity (Wildman–Crippen MR) is 202 cm³/mol. The van der Waals surface area contributed by atoms with Crippen LogP contribution in [-0.2, 0) is 6.42 Å². The molecular weight excluding hydrogens is 565 g/mol. The summed E-state index contributed by atoms with van der Waals surface area (Å²) in [6, 6.07) is 47.4. The van der Waals surface area contributed by atoms with Crippen LogP contribution in [0.25, 0.3) is 72.1 Å². The van der Waals surface area contributed by atoms with E-state index in [0.29, 0.717) is 5.92 Å². The van der Waals surface area contributed by atoms with Crippen molar-refractivity contribution in [1.29, 1.82) is 0 Å². The number of rotatable bonds is 4. The highest BCUT2D eigenvalue weighted by Crippen LogP contribution is 2.54. The van der Waals surface area contributed by atoms with Gasteiger partial charge in [0.1, 0.15) is 0 Å². The SMILES string of the molecule is Cc1ccc(-c2c3c(c(-c4ccc(C)cc4)c4c(-c5ccccc5)c5cc(C)c(C)cc5c(-c5c#cccc5)c24)CC(C)C=C3)cc1. The van der Waals surface area contributed by atoms with Crippen molar-refractivity contribution < 1.29 is 0 Å². The van der Waals surface area contributed by atoms with Crippen molar-refractivity contribution >= 4 is 27.6 Å². The van der Waals surface area contributed by atoms with Gasteiger partial charge in [-0.15, -0.1) is 0 Å². The van der Waals surface area contributed by atoms with Crippen LogP contribution in [0, 0.1) is 45.7 Å². The Morgan fingerprint density at radius 1 is 0.574 bits per heavy atom. The number of hydrogen-bond acceptors (Lipinski definition) is 0. The highest BCUT2D eigenvalue weighted by atomic mass is 14.3. The number of allylic oxidation sites excluding steroid dienone is 1. The van der Waals surface area contributed by atoms with Crippen molar-refractivity contribution in [2.45, 2.75) is 41.0 Å². The van der Waals surface area contributed by atoms with Crippen LogP contribution in [0.2, 0.25) is 0 Å². The molecule has 0 spiro atoms. The largest absolute Gasteiger partial charge is 0.0807 e. The lowest BCUT2D eigenvalue weighted by molar-refractivity contribution is 0.719. The molecule has 0 heterocycles. The fourth-order valence-corrected chi connectivity index (χ4v) is 7.61. The van der Waals surface area contributed by atoms with Crippen LogP contribution < -0.4 is 0 Å². The Hall–Kier alpha value is -5.38. The van der Waals surface area contributed by atoms with Crippen molar-refractivity contribution in [3.63, 3.8) is 0 Å². The summed E-state index contributed by atoms with van der Waals surface area (Å²) in [6.07, 6.45) is 5.80. The van der Waals surface area contributed by atoms with E-state index in [0.717, 1.165) is 12.0 Å². The Morgan fingerprint density at radius 3 is 1.77 bits per heavy atom. The first-order valence-corrected chi connectivity index (χ1v) is 16.7. The molecule has 1 aliphatic rings. The molecule has 8 rings (SSSR count). The van der Waals surface area contributed by atoms with Gasteiger partial charge in [0, 0.05) is 16.5 Å². The van der Waals surface area contributed by atoms with Crippen LogP contribution in [0.1, 0.15) is 40.3 Å². The highest BCUT2D eigenvalue weighted by molar-refractivity contribution is 6.29. The highest BCUT2D eigenvalue weighted by Gasteiger charge is 2.29. The van der Waals surface area contributed by atoms with Crippen LogP contribution in [0.3, 0.4) is 0 Å². The Bertz CT molecular complexity index is 2320. The van der Waals surface area contributed by atoms with Gasteiger partial charge in [-0.3, -0.25) is 0 Å². The maximum atomic E-state index is 3.56. The Balaban J connectivity index is 1.75. The molecular formula is C47H38. The average Bonchev–Trinajstić information content (AvgIpc) is 3.09. The van der Waals surface area contributed by atoms with E-state index in [1.807, 2.05) is 6.07 Å². The maximum Gasteiger partial charge on any atom is 0.0334 e. The van der Waals surface area contributed by atoms with E-state index in [1.54, 1.807) is 0 Å². The van der Waals surface area contributed by atoms with Gasteiger partial charge >= 0.3 is 0 Å². The fourth-order valence-electron chi connectivity index (χ4n) is 7.61. The Morgan fingerprint density at radius 2 is 1.15 bits per heavy atom. The molecule has 0 heteroatoms. The zero-order valence-corrected chi connectivity index (χ0v) is 27.8. The second-order valence-electron chi connectivity index (χ2n) is 13.5. The summed E-state index contributed by atoms with van der Waals surface area (Å²) in [5, 5.41) is 5.14. The minimum atomic E-state index is 0.442. The van der Waals surface area contributed by atoms with Crippen molar-refractivity contribution in [2.24, 2.45) is 5.92 Å². The van der Waals surface area contributed by atoms with Crippen LogP contribution in [0.4, 0.5) is 0 Å². The van der Waals surface area contributed by atoms with Crippen molar-refractivity contribution in [3.8, 4) is 44.5 Å². The number of hydrogen-bond donors (Lipinski definition) is 0. The van der Waals surface area contributed by atoms with E-state index in [2.05, 4.69) is 162 Å². The van der Waals surface area contributed by atoms with Gasteiger partial charge in [-0.25, -0.2) is 0 Å². The minimum Gasteiger partial charge on any atom is -0.0807 e. The van der Waals surface area contributed by atoms with E-state index in [-0.39, 0.29) is 0 Å². The molecule has 47 heavy (non-hydrogen) atoms. The molecule has 7 aromatic carbocycles. The summed E-state index contributed by atoms with van der Waals surface area (Å²) >= 11 is 0. The van der Waals surface area contributed by atoms with E-state index in [4.69, 9.17) is 0 Å². The summed E-state index contributed by atoms with van der Waals surface area (Å²) in [6.45, 7) is 11.2. The molecule has 0 nitrogen and oxygen atoms in total. The summed E-state index contributed by atoms with van der Waals surface area (Å²) in [7, 11) is 0. The molecule has 0 aromatic heterocycles. The normalized spacial score (nSPS) is 13.9. The topological polar surface area (TPSA) is 0 Å². The molecule has 0 N–H and O–H groups in total. The number of aryl methyl sites for hydroxylation is 4. The third-order valence-electron chi connectivity index (χ3n) is 10.1. The van der Waals surface area contributed by atoms with Gasteiger partial charge in [0.05, 0.1) is 0 Å². The zero-order chi connectivity index (χ0) is 32.2. The molecule has 0 fully saturated rings. The fraction of sp³-hybridized carbons (Fsp3) is 0.149. The molecule has 0 amide bonds. The molecule has 0 saturated carbocycles. The number of benzene rings is 6. The lowest BCUT2D eigenvalue weighted by Gasteiger charge is -2.30. The van der Waals surface area contributed by atoms with Gasteiger partial charge in [-0.2, -0.15) is 0 Å². The van der Waals surface area contributed by atoms with Gasteiger partial charge in [0.15, 0.2) is 0 Å². The van der Waals surface area contributed by atoms with Crippen molar-refractivity contribution in [2.75, 3.05) is 0 Å². The van der Waals surface area contributed by atoms with Gasteiger partial charge in [0.25, 0.3) is 0 Å². The van der Waals surface area contributed by atoms with Crippen LogP contribution >= 0.6 is 0 Å². The van der Waals surface area contributed by atoms with E-state index in [9.17, 15) is 0 Å². The molecule has 0 aliphatic heterocycles. The quantitative estimate of drug-likeness (QED) is 0.176. The third kappa shape index (κ3) is 4.86. The lowest BCUT2D eigenvalue weighted by atomic mass is 9.73. The Kier molecular flexibility index (Phi) is 7.08. The molecule has 226 valence electrons. The monoisotopic (exact) mass is 602 g/mol. The molecule has 0 radical (unpaired) electrons. The standard InChI is InChI=1S/C47H38/c1-29-16-21-36(22-17-29)42-38-25-20-31(3)26-39(38)45(37-23-18-30(2)19-24-37)47-44(35-14-10-7-11-15-35)41-28-33(5)32(4)27-40(41)43(46(42)47)34-12-8-6-9-13-34/h6-8,10-12,14-25,27-28,31H,26H2,1-5H3. The van der Waals surface area contributed by atoms with Gasteiger partial charge in [-0.1, -0.05) is 139 Å². The summed E-state index contributed by atoms with van der Waals surface area (Å²) in [5.74, 6) is 0.442.